The minimum absolute atomic E-state index is 0.0283. The Morgan fingerprint density at radius 1 is 1.23 bits per heavy atom. The molecular weight excluding hydrogens is 506 g/mol. The van der Waals surface area contributed by atoms with Gasteiger partial charge in [0.15, 0.2) is 5.13 Å². The van der Waals surface area contributed by atoms with E-state index in [1.807, 2.05) is 7.05 Å². The van der Waals surface area contributed by atoms with Crippen molar-refractivity contribution in [2.75, 3.05) is 36.7 Å². The minimum atomic E-state index is -4.20. The van der Waals surface area contributed by atoms with E-state index in [2.05, 4.69) is 19.9 Å². The Labute approximate surface area is 206 Å². The van der Waals surface area contributed by atoms with Crippen LogP contribution < -0.4 is 10.0 Å². The van der Waals surface area contributed by atoms with E-state index in [1.54, 1.807) is 12.3 Å². The normalized spacial score (nSPS) is 22.3. The van der Waals surface area contributed by atoms with Crippen molar-refractivity contribution in [3.05, 3.63) is 35.1 Å². The lowest BCUT2D eigenvalue weighted by atomic mass is 9.87. The Balaban J connectivity index is 1.45. The standard InChI is InChI=1S/C22H29F4N5O2S2/c1-14-9-20(35(32,33)29-21-27-7-8-34-21)16(23)10-18(14)28-17-5-3-4-6-19(17)30(2)15-11-31(12-15)13-22(24,25)26/h7-10,15,17,19,28H,3-6,11-13H2,1-2H3,(H,27,29)/t17?,19-/m0/s1. The third kappa shape index (κ3) is 6.25. The number of alkyl halides is 3. The summed E-state index contributed by atoms with van der Waals surface area (Å²) in [7, 11) is -2.20. The lowest BCUT2D eigenvalue weighted by molar-refractivity contribution is -0.161. The van der Waals surface area contributed by atoms with Crippen molar-refractivity contribution in [3.63, 3.8) is 0 Å². The van der Waals surface area contributed by atoms with E-state index in [9.17, 15) is 26.0 Å². The molecule has 1 aromatic heterocycles. The van der Waals surface area contributed by atoms with Crippen LogP contribution in [0.1, 0.15) is 31.2 Å². The minimum Gasteiger partial charge on any atom is -0.380 e. The molecule has 2 N–H and O–H groups in total. The number of nitrogens with one attached hydrogen (secondary N) is 2. The molecule has 0 spiro atoms. The Morgan fingerprint density at radius 2 is 1.94 bits per heavy atom. The average Bonchev–Trinajstić information content (AvgIpc) is 3.24. The van der Waals surface area contributed by atoms with Gasteiger partial charge in [-0.15, -0.1) is 11.3 Å². The largest absolute Gasteiger partial charge is 0.401 e. The summed E-state index contributed by atoms with van der Waals surface area (Å²) in [5.41, 5.74) is 1.09. The molecule has 13 heteroatoms. The number of likely N-dealkylation sites (N-methyl/N-ethyl adjacent to an activating group) is 1. The fraction of sp³-hybridized carbons (Fsp3) is 0.591. The molecule has 4 rings (SSSR count). The number of benzene rings is 1. The van der Waals surface area contributed by atoms with E-state index in [4.69, 9.17) is 0 Å². The summed E-state index contributed by atoms with van der Waals surface area (Å²) in [5, 5.41) is 5.16. The zero-order valence-corrected chi connectivity index (χ0v) is 21.1. The van der Waals surface area contributed by atoms with Crippen LogP contribution in [0.5, 0.6) is 0 Å². The Hall–Kier alpha value is -1.96. The molecule has 1 aromatic carbocycles. The average molecular weight is 536 g/mol. The highest BCUT2D eigenvalue weighted by molar-refractivity contribution is 7.93. The van der Waals surface area contributed by atoms with Gasteiger partial charge in [-0.25, -0.2) is 17.8 Å². The van der Waals surface area contributed by atoms with Crippen LogP contribution in [0.3, 0.4) is 0 Å². The van der Waals surface area contributed by atoms with Crippen LogP contribution in [0.2, 0.25) is 0 Å². The highest BCUT2D eigenvalue weighted by Crippen LogP contribution is 2.32. The molecule has 2 fully saturated rings. The first-order valence-corrected chi connectivity index (χ1v) is 13.8. The topological polar surface area (TPSA) is 77.6 Å². The number of sulfonamides is 1. The molecule has 2 aliphatic rings. The molecule has 1 unspecified atom stereocenters. The molecule has 2 heterocycles. The van der Waals surface area contributed by atoms with Crippen molar-refractivity contribution < 1.29 is 26.0 Å². The van der Waals surface area contributed by atoms with Crippen LogP contribution in [0.4, 0.5) is 28.4 Å². The number of aryl methyl sites for hydroxylation is 1. The van der Waals surface area contributed by atoms with E-state index < -0.39 is 33.5 Å². The van der Waals surface area contributed by atoms with Gasteiger partial charge in [-0.3, -0.25) is 14.5 Å². The summed E-state index contributed by atoms with van der Waals surface area (Å²) in [4.78, 5) is 6.96. The number of thiazole rings is 1. The van der Waals surface area contributed by atoms with Gasteiger partial charge in [0.1, 0.15) is 10.7 Å². The molecule has 35 heavy (non-hydrogen) atoms. The second-order valence-corrected chi connectivity index (χ2v) is 11.8. The van der Waals surface area contributed by atoms with E-state index in [0.29, 0.717) is 24.3 Å². The van der Waals surface area contributed by atoms with Gasteiger partial charge in [0.05, 0.1) is 6.54 Å². The molecule has 0 amide bonds. The first-order valence-electron chi connectivity index (χ1n) is 11.4. The molecule has 0 radical (unpaired) electrons. The van der Waals surface area contributed by atoms with Crippen molar-refractivity contribution in [1.82, 2.24) is 14.8 Å². The van der Waals surface area contributed by atoms with Crippen LogP contribution in [-0.2, 0) is 10.0 Å². The van der Waals surface area contributed by atoms with Crippen molar-refractivity contribution in [3.8, 4) is 0 Å². The summed E-state index contributed by atoms with van der Waals surface area (Å²) in [6.45, 7) is 1.55. The van der Waals surface area contributed by atoms with Gasteiger partial charge in [-0.1, -0.05) is 12.8 Å². The third-order valence-electron chi connectivity index (χ3n) is 6.73. The van der Waals surface area contributed by atoms with Crippen molar-refractivity contribution >= 4 is 32.2 Å². The maximum absolute atomic E-state index is 15.0. The van der Waals surface area contributed by atoms with Crippen LogP contribution >= 0.6 is 11.3 Å². The number of likely N-dealkylation sites (tertiary alicyclic amines) is 1. The maximum atomic E-state index is 15.0. The number of nitrogens with zero attached hydrogens (tertiary/aromatic N) is 3. The second-order valence-electron chi connectivity index (χ2n) is 9.27. The summed E-state index contributed by atoms with van der Waals surface area (Å²) < 4.78 is 80.5. The monoisotopic (exact) mass is 535 g/mol. The lowest BCUT2D eigenvalue weighted by Gasteiger charge is -2.49. The van der Waals surface area contributed by atoms with Crippen molar-refractivity contribution in [1.29, 1.82) is 0 Å². The van der Waals surface area contributed by atoms with Gasteiger partial charge < -0.3 is 5.32 Å². The fourth-order valence-electron chi connectivity index (χ4n) is 4.88. The predicted octanol–water partition coefficient (Wildman–Crippen LogP) is 4.29. The molecule has 2 aromatic rings. The van der Waals surface area contributed by atoms with Gasteiger partial charge in [0.2, 0.25) is 0 Å². The number of hydrogen-bond acceptors (Lipinski definition) is 7. The first-order chi connectivity index (χ1) is 16.4. The van der Waals surface area contributed by atoms with Crippen LogP contribution in [-0.4, -0.2) is 74.2 Å². The zero-order chi connectivity index (χ0) is 25.4. The lowest BCUT2D eigenvalue weighted by Crippen LogP contribution is -2.64. The van der Waals surface area contributed by atoms with Crippen LogP contribution in [0.25, 0.3) is 0 Å². The van der Waals surface area contributed by atoms with Gasteiger partial charge >= 0.3 is 6.18 Å². The molecular formula is C22H29F4N5O2S2. The molecule has 1 saturated carbocycles. The highest BCUT2D eigenvalue weighted by atomic mass is 32.2. The molecule has 194 valence electrons. The highest BCUT2D eigenvalue weighted by Gasteiger charge is 2.41. The molecule has 1 saturated heterocycles. The molecule has 7 nitrogen and oxygen atoms in total. The Morgan fingerprint density at radius 3 is 2.60 bits per heavy atom. The van der Waals surface area contributed by atoms with Gasteiger partial charge in [0, 0.05) is 48.5 Å². The second kappa shape index (κ2) is 10.2. The Bertz CT molecular complexity index is 1120. The molecule has 2 atom stereocenters. The summed E-state index contributed by atoms with van der Waals surface area (Å²) >= 11 is 1.10. The number of aromatic nitrogens is 1. The summed E-state index contributed by atoms with van der Waals surface area (Å²) in [6, 6.07) is 2.59. The van der Waals surface area contributed by atoms with Gasteiger partial charge in [-0.2, -0.15) is 13.2 Å². The summed E-state index contributed by atoms with van der Waals surface area (Å²) in [6.07, 6.45) is 0.968. The van der Waals surface area contributed by atoms with Gasteiger partial charge in [-0.05, 0) is 44.5 Å². The van der Waals surface area contributed by atoms with E-state index in [-0.39, 0.29) is 23.3 Å². The fourth-order valence-corrected chi connectivity index (χ4v) is 6.81. The number of hydrogen-bond donors (Lipinski definition) is 2. The van der Waals surface area contributed by atoms with E-state index in [1.165, 1.54) is 23.2 Å². The number of rotatable bonds is 8. The molecule has 1 aliphatic carbocycles. The predicted molar refractivity (Wildman–Crippen MR) is 128 cm³/mol. The van der Waals surface area contributed by atoms with Crippen LogP contribution in [0.15, 0.2) is 28.6 Å². The Kier molecular flexibility index (Phi) is 7.60. The zero-order valence-electron chi connectivity index (χ0n) is 19.5. The smallest absolute Gasteiger partial charge is 0.380 e. The molecule has 1 aliphatic heterocycles. The third-order valence-corrected chi connectivity index (χ3v) is 8.90. The van der Waals surface area contributed by atoms with E-state index >= 15 is 0 Å². The first kappa shape index (κ1) is 26.1. The van der Waals surface area contributed by atoms with E-state index in [0.717, 1.165) is 37.0 Å². The SMILES string of the molecule is Cc1cc(S(=O)(=O)Nc2nccs2)c(F)cc1NC1CCCC[C@@H]1N(C)C1CN(CC(F)(F)F)C1. The summed E-state index contributed by atoms with van der Waals surface area (Å²) in [5.74, 6) is -0.871. The molecule has 0 bridgehead atoms. The number of halogens is 4. The van der Waals surface area contributed by atoms with Crippen molar-refractivity contribution in [2.45, 2.75) is 61.8 Å². The quantitative estimate of drug-likeness (QED) is 0.491. The van der Waals surface area contributed by atoms with Crippen LogP contribution in [0, 0.1) is 12.7 Å². The maximum Gasteiger partial charge on any atom is 0.401 e. The number of anilines is 2. The van der Waals surface area contributed by atoms with Crippen molar-refractivity contribution in [2.24, 2.45) is 0 Å². The van der Waals surface area contributed by atoms with Gasteiger partial charge in [0.25, 0.3) is 10.0 Å².